The quantitative estimate of drug-likeness (QED) is 0.354. The van der Waals surface area contributed by atoms with Crippen molar-refractivity contribution in [1.29, 1.82) is 0 Å². The Hall–Kier alpha value is -2.09. The molecular formula is C25H18BrNaO4S. The number of carboxylic acid groups (broad SMARTS) is 1. The van der Waals surface area contributed by atoms with Gasteiger partial charge in [0, 0.05) is 26.0 Å². The summed E-state index contributed by atoms with van der Waals surface area (Å²) in [5, 5.41) is 13.5. The van der Waals surface area contributed by atoms with Crippen LogP contribution in [0, 0.1) is 0 Å². The first-order valence-electron chi connectivity index (χ1n) is 9.50. The normalized spacial score (nSPS) is 10.3. The van der Waals surface area contributed by atoms with E-state index in [1.807, 2.05) is 66.0 Å². The Morgan fingerprint density at radius 1 is 0.969 bits per heavy atom. The first kappa shape index (κ1) is 24.6. The van der Waals surface area contributed by atoms with Crippen LogP contribution in [0.5, 0.6) is 11.5 Å². The van der Waals surface area contributed by atoms with E-state index in [4.69, 9.17) is 9.47 Å². The molecule has 0 amide bonds. The van der Waals surface area contributed by atoms with Crippen LogP contribution in [0.15, 0.2) is 82.6 Å². The number of carbonyl (C=O) groups is 1. The van der Waals surface area contributed by atoms with E-state index < -0.39 is 5.97 Å². The van der Waals surface area contributed by atoms with E-state index in [1.165, 1.54) is 18.4 Å². The second kappa shape index (κ2) is 11.2. The first-order chi connectivity index (χ1) is 15.1. The third kappa shape index (κ3) is 5.45. The second-order valence-corrected chi connectivity index (χ2v) is 8.61. The summed E-state index contributed by atoms with van der Waals surface area (Å²) in [6.45, 7) is 0.451. The van der Waals surface area contributed by atoms with Gasteiger partial charge in [0.2, 0.25) is 0 Å². The van der Waals surface area contributed by atoms with Crippen LogP contribution in [0.3, 0.4) is 0 Å². The maximum atomic E-state index is 11.6. The van der Waals surface area contributed by atoms with Crippen LogP contribution >= 0.6 is 27.3 Å². The molecule has 0 aliphatic heterocycles. The van der Waals surface area contributed by atoms with Gasteiger partial charge in [0.15, 0.2) is 0 Å². The van der Waals surface area contributed by atoms with Gasteiger partial charge in [0.1, 0.15) is 18.1 Å². The molecule has 4 rings (SSSR count). The number of thiophene rings is 1. The van der Waals surface area contributed by atoms with Crippen LogP contribution in [0.25, 0.3) is 21.6 Å². The molecule has 0 fully saturated rings. The minimum absolute atomic E-state index is 0. The number of methoxy groups -OCH3 is 1. The van der Waals surface area contributed by atoms with E-state index in [0.29, 0.717) is 6.61 Å². The molecule has 4 nitrogen and oxygen atoms in total. The van der Waals surface area contributed by atoms with Crippen molar-refractivity contribution in [3.8, 4) is 33.1 Å². The molecule has 0 saturated carbocycles. The molecule has 32 heavy (non-hydrogen) atoms. The third-order valence-electron chi connectivity index (χ3n) is 4.82. The molecule has 0 spiro atoms. The van der Waals surface area contributed by atoms with Crippen LogP contribution in [-0.4, -0.2) is 13.1 Å². The van der Waals surface area contributed by atoms with Gasteiger partial charge < -0.3 is 19.4 Å². The molecule has 0 saturated heterocycles. The van der Waals surface area contributed by atoms with E-state index >= 15 is 0 Å². The predicted molar refractivity (Wildman–Crippen MR) is 125 cm³/mol. The van der Waals surface area contributed by atoms with Crippen molar-refractivity contribution in [2.75, 3.05) is 7.11 Å². The molecule has 0 atom stereocenters. The number of aromatic carboxylic acids is 1. The van der Waals surface area contributed by atoms with Gasteiger partial charge in [-0.1, -0.05) is 46.3 Å². The van der Waals surface area contributed by atoms with Crippen LogP contribution < -0.4 is 44.1 Å². The van der Waals surface area contributed by atoms with Crippen molar-refractivity contribution in [3.63, 3.8) is 0 Å². The largest absolute Gasteiger partial charge is 1.00 e. The van der Waals surface area contributed by atoms with Gasteiger partial charge in [-0.25, -0.2) is 0 Å². The number of carbonyl (C=O) groups excluding carboxylic acids is 1. The van der Waals surface area contributed by atoms with Crippen LogP contribution in [0.2, 0.25) is 0 Å². The van der Waals surface area contributed by atoms with Crippen molar-refractivity contribution in [2.45, 2.75) is 6.61 Å². The Morgan fingerprint density at radius 3 is 2.44 bits per heavy atom. The molecule has 3 aromatic carbocycles. The fraction of sp³-hybridized carbons (Fsp3) is 0.0800. The number of rotatable bonds is 7. The van der Waals surface area contributed by atoms with Gasteiger partial charge >= 0.3 is 29.6 Å². The van der Waals surface area contributed by atoms with Gasteiger partial charge in [-0.15, -0.1) is 11.3 Å². The molecule has 156 valence electrons. The maximum absolute atomic E-state index is 11.6. The number of ether oxygens (including phenoxy) is 2. The smallest absolute Gasteiger partial charge is 0.545 e. The molecule has 0 unspecified atom stereocenters. The number of carboxylic acids is 1. The first-order valence-corrected chi connectivity index (χ1v) is 11.2. The Kier molecular flexibility index (Phi) is 8.57. The molecular weight excluding hydrogens is 499 g/mol. The van der Waals surface area contributed by atoms with Crippen LogP contribution in [0.1, 0.15) is 15.9 Å². The summed E-state index contributed by atoms with van der Waals surface area (Å²) in [4.78, 5) is 12.5. The number of halogens is 1. The molecule has 0 radical (unpaired) electrons. The zero-order chi connectivity index (χ0) is 21.8. The van der Waals surface area contributed by atoms with Gasteiger partial charge in [0.25, 0.3) is 0 Å². The topological polar surface area (TPSA) is 58.6 Å². The Balaban J connectivity index is 0.00000289. The van der Waals surface area contributed by atoms with E-state index in [9.17, 15) is 9.90 Å². The third-order valence-corrected chi connectivity index (χ3v) is 6.27. The van der Waals surface area contributed by atoms with Crippen LogP contribution in [-0.2, 0) is 6.61 Å². The Labute approximate surface area is 221 Å². The molecule has 1 heterocycles. The summed E-state index contributed by atoms with van der Waals surface area (Å²) < 4.78 is 12.2. The summed E-state index contributed by atoms with van der Waals surface area (Å²) in [6, 6.07) is 23.0. The molecule has 0 aliphatic rings. The molecule has 0 bridgehead atoms. The van der Waals surface area contributed by atoms with Crippen molar-refractivity contribution in [3.05, 3.63) is 93.8 Å². The summed E-state index contributed by atoms with van der Waals surface area (Å²) in [5.41, 5.74) is 3.76. The van der Waals surface area contributed by atoms with Crippen molar-refractivity contribution in [2.24, 2.45) is 0 Å². The molecule has 7 heteroatoms. The zero-order valence-corrected chi connectivity index (χ0v) is 22.0. The fourth-order valence-corrected chi connectivity index (χ4v) is 4.60. The van der Waals surface area contributed by atoms with Crippen molar-refractivity contribution in [1.82, 2.24) is 0 Å². The molecule has 0 N–H and O–H groups in total. The van der Waals surface area contributed by atoms with E-state index in [2.05, 4.69) is 15.9 Å². The van der Waals surface area contributed by atoms with Gasteiger partial charge in [-0.3, -0.25) is 0 Å². The summed E-state index contributed by atoms with van der Waals surface area (Å²) in [7, 11) is 1.44. The van der Waals surface area contributed by atoms with E-state index in [0.717, 1.165) is 37.4 Å². The summed E-state index contributed by atoms with van der Waals surface area (Å²) >= 11 is 5.09. The van der Waals surface area contributed by atoms with Crippen molar-refractivity contribution >= 4 is 33.2 Å². The molecule has 1 aromatic heterocycles. The SMILES string of the molecule is COc1ccc(-c2sccc2-c2cc(Br)ccc2OCc2ccccc2)cc1C(=O)[O-].[Na+]. The number of hydrogen-bond donors (Lipinski definition) is 0. The Morgan fingerprint density at radius 2 is 1.72 bits per heavy atom. The monoisotopic (exact) mass is 516 g/mol. The molecule has 0 aliphatic carbocycles. The fourth-order valence-electron chi connectivity index (χ4n) is 3.33. The minimum atomic E-state index is -1.27. The van der Waals surface area contributed by atoms with Crippen LogP contribution in [0.4, 0.5) is 0 Å². The number of hydrogen-bond acceptors (Lipinski definition) is 5. The number of benzene rings is 3. The van der Waals surface area contributed by atoms with E-state index in [1.54, 1.807) is 12.1 Å². The summed E-state index contributed by atoms with van der Waals surface area (Å²) in [6.07, 6.45) is 0. The predicted octanol–water partition coefficient (Wildman–Crippen LogP) is 2.80. The van der Waals surface area contributed by atoms with E-state index in [-0.39, 0.29) is 40.9 Å². The van der Waals surface area contributed by atoms with Gasteiger partial charge in [0.05, 0.1) is 13.1 Å². The minimum Gasteiger partial charge on any atom is -0.545 e. The second-order valence-electron chi connectivity index (χ2n) is 6.78. The summed E-state index contributed by atoms with van der Waals surface area (Å²) in [5.74, 6) is -0.248. The zero-order valence-electron chi connectivity index (χ0n) is 17.6. The maximum Gasteiger partial charge on any atom is 1.00 e. The van der Waals surface area contributed by atoms with Crippen molar-refractivity contribution < 1.29 is 48.9 Å². The average Bonchev–Trinajstić information content (AvgIpc) is 3.28. The molecule has 4 aromatic rings. The van der Waals surface area contributed by atoms with Gasteiger partial charge in [-0.05, 0) is 59.0 Å². The Bertz CT molecular complexity index is 1220. The average molecular weight is 517 g/mol. The van der Waals surface area contributed by atoms with Gasteiger partial charge in [-0.2, -0.15) is 0 Å². The standard InChI is InChI=1S/C25H19BrO4S.Na/c1-29-22-9-7-17(13-21(22)25(27)28)24-19(11-12-31-24)20-14-18(26)8-10-23(20)30-15-16-5-3-2-4-6-16;/h2-14H,15H2,1H3,(H,27,28);/q;+1/p-1.